The summed E-state index contributed by atoms with van der Waals surface area (Å²) in [4.78, 5) is 0. The average molecular weight is 1300 g/mol. The van der Waals surface area contributed by atoms with Gasteiger partial charge in [-0.25, -0.2) is 0 Å². The van der Waals surface area contributed by atoms with Gasteiger partial charge in [-0.3, -0.25) is 0 Å². The summed E-state index contributed by atoms with van der Waals surface area (Å²) in [6.07, 6.45) is 0. The zero-order chi connectivity index (χ0) is 37.9. The third-order valence-electron chi connectivity index (χ3n) is 4.73. The number of benzene rings is 4. The van der Waals surface area contributed by atoms with Gasteiger partial charge >= 0.3 is 0 Å². The molecule has 0 atom stereocenters. The molecule has 0 bridgehead atoms. The molecule has 4 aromatic rings. The minimum atomic E-state index is -0.613. The van der Waals surface area contributed by atoms with Crippen LogP contribution in [-0.4, -0.2) is 15.3 Å². The minimum absolute atomic E-state index is 0. The molecule has 0 saturated carbocycles. The molecule has 268 valence electrons. The van der Waals surface area contributed by atoms with Crippen molar-refractivity contribution in [1.29, 1.82) is 0 Å². The van der Waals surface area contributed by atoms with E-state index in [2.05, 4.69) is 0 Å². The van der Waals surface area contributed by atoms with Crippen LogP contribution in [-0.2, 0) is 0 Å². The summed E-state index contributed by atoms with van der Waals surface area (Å²) in [6.45, 7) is 0. The number of hydrogen-bond acceptors (Lipinski definition) is 4. The van der Waals surface area contributed by atoms with E-state index in [1.165, 1.54) is 0 Å². The van der Waals surface area contributed by atoms with Crippen molar-refractivity contribution in [2.24, 2.45) is 0 Å². The zero-order valence-electron chi connectivity index (χ0n) is 21.8. The third-order valence-corrected chi connectivity index (χ3v) is 13.7. The molecule has 4 aromatic carbocycles. The maximum absolute atomic E-state index is 11.1. The summed E-state index contributed by atoms with van der Waals surface area (Å²) in [5, 5.41) is 37.5. The van der Waals surface area contributed by atoms with Crippen LogP contribution < -0.4 is 5.11 Å². The van der Waals surface area contributed by atoms with Gasteiger partial charge in [-0.05, 0) is 0 Å². The van der Waals surface area contributed by atoms with E-state index in [-0.39, 0.29) is 158 Å². The fourth-order valence-electron chi connectivity index (χ4n) is 2.36. The molecule has 4 nitrogen and oxygen atoms in total. The van der Waals surface area contributed by atoms with Crippen molar-refractivity contribution in [3.8, 4) is 23.0 Å². The minimum Gasteiger partial charge on any atom is -0.870 e. The first kappa shape index (κ1) is 52.2. The van der Waals surface area contributed by atoms with E-state index >= 15 is 0 Å². The van der Waals surface area contributed by atoms with Crippen molar-refractivity contribution in [3.05, 3.63) is 100 Å². The normalized spacial score (nSPS) is 10.2. The van der Waals surface area contributed by atoms with E-state index in [0.717, 1.165) is 0 Å². The van der Waals surface area contributed by atoms with E-state index in [1.807, 2.05) is 0 Å². The number of phenolic OH excluding ortho intramolecular Hbond substituents is 3. The Morgan fingerprint density at radius 1 is 0.224 bits per heavy atom. The molecule has 0 radical (unpaired) electrons. The van der Waals surface area contributed by atoms with Crippen molar-refractivity contribution in [1.82, 2.24) is 0 Å². The predicted molar refractivity (Wildman–Crippen MR) is 210 cm³/mol. The fraction of sp³-hybridized carbons (Fsp3) is 0. The second kappa shape index (κ2) is 22.8. The Labute approximate surface area is 409 Å². The average Bonchev–Trinajstić information content (AvgIpc) is 3.08. The summed E-state index contributed by atoms with van der Waals surface area (Å²) >= 11 is 111. The molecule has 0 heterocycles. The van der Waals surface area contributed by atoms with E-state index in [1.54, 1.807) is 0 Å². The Morgan fingerprint density at radius 3 is 0.469 bits per heavy atom. The molecule has 0 aliphatic heterocycles. The van der Waals surface area contributed by atoms with Gasteiger partial charge in [0.25, 0.3) is 0 Å². The molecule has 0 aliphatic rings. The maximum atomic E-state index is 11.1. The topological polar surface area (TPSA) is 83.8 Å². The van der Waals surface area contributed by atoms with Crippen molar-refractivity contribution in [2.45, 2.75) is 0 Å². The van der Waals surface area contributed by atoms with Crippen LogP contribution in [0.1, 0.15) is 0 Å². The Hall–Kier alpha value is 3.20. The molecule has 0 spiro atoms. The standard InChI is InChI=1S/4C6HCl5O.Th/c4*7-1-2(8)4(10)6(12)5(11)3(1)9;/h4*12H;/p-1. The summed E-state index contributed by atoms with van der Waals surface area (Å²) in [5.74, 6) is -1.70. The second-order valence-electron chi connectivity index (χ2n) is 7.65. The molecule has 0 saturated heterocycles. The summed E-state index contributed by atoms with van der Waals surface area (Å²) in [7, 11) is 0. The Balaban J connectivity index is 0.000000623. The summed E-state index contributed by atoms with van der Waals surface area (Å²) in [5.41, 5.74) is 0. The molecule has 0 aromatic heterocycles. The molecule has 0 fully saturated rings. The van der Waals surface area contributed by atoms with Gasteiger partial charge in [0.2, 0.25) is 0 Å². The van der Waals surface area contributed by atoms with Crippen LogP contribution in [0.4, 0.5) is 0 Å². The molecule has 0 unspecified atom stereocenters. The Kier molecular flexibility index (Phi) is 24.3. The van der Waals surface area contributed by atoms with Gasteiger partial charge in [0.05, 0.1) is 70.3 Å². The largest absolute Gasteiger partial charge is 0.870 e. The van der Waals surface area contributed by atoms with Gasteiger partial charge in [-0.1, -0.05) is 238 Å². The van der Waals surface area contributed by atoms with Gasteiger partial charge in [0.1, 0.15) is 30.1 Å². The number of rotatable bonds is 0. The van der Waals surface area contributed by atoms with E-state index in [9.17, 15) is 20.4 Å². The first-order chi connectivity index (χ1) is 21.9. The van der Waals surface area contributed by atoms with Crippen molar-refractivity contribution < 1.29 is 60.4 Å². The monoisotopic (exact) mass is 1290 g/mol. The fourth-order valence-corrected chi connectivity index (χ4v) is 6.87. The Bertz CT molecular complexity index is 1200. The van der Waals surface area contributed by atoms with Crippen LogP contribution >= 0.6 is 232 Å². The van der Waals surface area contributed by atoms with Gasteiger partial charge in [-0.15, -0.1) is 0 Å². The number of aromatic hydroxyl groups is 3. The van der Waals surface area contributed by atoms with E-state index in [4.69, 9.17) is 232 Å². The molecule has 0 aliphatic carbocycles. The first-order valence-corrected chi connectivity index (χ1v) is 18.2. The molecule has 0 amide bonds. The molecule has 3 N–H and O–H groups in total. The molecule has 4 rings (SSSR count). The molecule has 25 heteroatoms. The van der Waals surface area contributed by atoms with Gasteiger partial charge < -0.3 is 20.4 Å². The summed E-state index contributed by atoms with van der Waals surface area (Å²) < 4.78 is 0. The van der Waals surface area contributed by atoms with Crippen LogP contribution in [0.5, 0.6) is 23.0 Å². The number of halogens is 20. The maximum Gasteiger partial charge on any atom is 0.155 e. The van der Waals surface area contributed by atoms with Crippen molar-refractivity contribution in [2.75, 3.05) is 0 Å². The van der Waals surface area contributed by atoms with Crippen molar-refractivity contribution in [3.63, 3.8) is 0 Å². The van der Waals surface area contributed by atoms with E-state index in [0.29, 0.717) is 0 Å². The zero-order valence-corrected chi connectivity index (χ0v) is 41.0. The van der Waals surface area contributed by atoms with E-state index < -0.39 is 5.75 Å². The van der Waals surface area contributed by atoms with Crippen LogP contribution in [0, 0.1) is 39.9 Å². The summed E-state index contributed by atoms with van der Waals surface area (Å²) in [6, 6.07) is 0. The predicted octanol–water partition coefficient (Wildman–Crippen LogP) is 18.0. The quantitative estimate of drug-likeness (QED) is 0.121. The second-order valence-corrected chi connectivity index (χ2v) is 15.2. The molecular weight excluding hydrogens is 1290 g/mol. The van der Waals surface area contributed by atoms with Crippen LogP contribution in [0.25, 0.3) is 0 Å². The Morgan fingerprint density at radius 2 is 0.327 bits per heavy atom. The SMILES string of the molecule is Oc1c(Cl)c(Cl)c(Cl)c(Cl)c1Cl.Oc1c(Cl)c(Cl)c(Cl)c(Cl)c1Cl.Oc1c(Cl)c(Cl)c(Cl)c(Cl)c1Cl.[O-]c1c(Cl)c(Cl)c(Cl)c(Cl)c1Cl.[Th]. The number of hydrogen-bond donors (Lipinski definition) is 3. The van der Waals surface area contributed by atoms with Gasteiger partial charge in [0, 0.05) is 39.9 Å². The van der Waals surface area contributed by atoms with Gasteiger partial charge in [-0.2, -0.15) is 0 Å². The van der Waals surface area contributed by atoms with Crippen LogP contribution in [0.2, 0.25) is 100 Å². The smallest absolute Gasteiger partial charge is 0.155 e. The van der Waals surface area contributed by atoms with Gasteiger partial charge in [0.15, 0.2) is 17.2 Å². The third kappa shape index (κ3) is 12.6. The van der Waals surface area contributed by atoms with Crippen molar-refractivity contribution >= 4 is 232 Å². The molecular formula is C24H3Cl20O4Th-. The van der Waals surface area contributed by atoms with Crippen LogP contribution in [0.15, 0.2) is 0 Å². The molecule has 49 heavy (non-hydrogen) atoms. The first-order valence-electron chi connectivity index (χ1n) is 10.7. The van der Waals surface area contributed by atoms with Crippen LogP contribution in [0.3, 0.4) is 0 Å². The number of phenols is 3.